The van der Waals surface area contributed by atoms with E-state index in [0.717, 1.165) is 56.8 Å². The third-order valence-electron chi connectivity index (χ3n) is 9.49. The average molecular weight is 374 g/mol. The molecule has 0 bridgehead atoms. The van der Waals surface area contributed by atoms with Gasteiger partial charge in [-0.15, -0.1) is 0 Å². The SMILES string of the molecule is C[C@]12CC[C@H]3[C@@H](CCC4CC(=O)CC[C@@]43C)[C@@H]1C[C@@H](CCCN=[N+]=[N-])[C@@H]2O. The van der Waals surface area contributed by atoms with Gasteiger partial charge in [-0.1, -0.05) is 19.0 Å². The minimum absolute atomic E-state index is 0.0536. The zero-order chi connectivity index (χ0) is 19.2. The van der Waals surface area contributed by atoms with Crippen molar-refractivity contribution in [3.05, 3.63) is 10.4 Å². The van der Waals surface area contributed by atoms with Gasteiger partial charge in [-0.05, 0) is 97.3 Å². The van der Waals surface area contributed by atoms with Gasteiger partial charge in [0.25, 0.3) is 0 Å². The van der Waals surface area contributed by atoms with Crippen LogP contribution in [-0.2, 0) is 4.79 Å². The molecule has 27 heavy (non-hydrogen) atoms. The maximum Gasteiger partial charge on any atom is 0.133 e. The molecule has 0 aromatic carbocycles. The van der Waals surface area contributed by atoms with E-state index in [1.54, 1.807) is 0 Å². The van der Waals surface area contributed by atoms with Gasteiger partial charge in [0.05, 0.1) is 6.10 Å². The second kappa shape index (κ2) is 7.08. The Bertz CT molecular complexity index is 645. The molecule has 0 saturated heterocycles. The van der Waals surface area contributed by atoms with E-state index in [2.05, 4.69) is 23.9 Å². The Morgan fingerprint density at radius 1 is 1.19 bits per heavy atom. The molecule has 0 aliphatic heterocycles. The molecule has 4 rings (SSSR count). The number of hydrogen-bond acceptors (Lipinski definition) is 3. The summed E-state index contributed by atoms with van der Waals surface area (Å²) in [7, 11) is 0. The van der Waals surface area contributed by atoms with Crippen LogP contribution in [0.3, 0.4) is 0 Å². The van der Waals surface area contributed by atoms with E-state index >= 15 is 0 Å². The minimum atomic E-state index is -0.215. The normalized spacial score (nSPS) is 48.9. The summed E-state index contributed by atoms with van der Waals surface area (Å²) >= 11 is 0. The molecule has 0 radical (unpaired) electrons. The lowest BCUT2D eigenvalue weighted by molar-refractivity contribution is -0.142. The third-order valence-corrected chi connectivity index (χ3v) is 9.49. The van der Waals surface area contributed by atoms with Gasteiger partial charge in [-0.2, -0.15) is 0 Å². The highest BCUT2D eigenvalue weighted by atomic mass is 16.3. The minimum Gasteiger partial charge on any atom is -0.392 e. The predicted molar refractivity (Wildman–Crippen MR) is 105 cm³/mol. The largest absolute Gasteiger partial charge is 0.392 e. The van der Waals surface area contributed by atoms with Gasteiger partial charge in [0, 0.05) is 24.3 Å². The highest BCUT2D eigenvalue weighted by Crippen LogP contribution is 2.67. The molecular formula is C22H35N3O2. The van der Waals surface area contributed by atoms with Crippen molar-refractivity contribution in [1.82, 2.24) is 0 Å². The van der Waals surface area contributed by atoms with E-state index in [-0.39, 0.29) is 11.5 Å². The fourth-order valence-electron chi connectivity index (χ4n) is 7.94. The third kappa shape index (κ3) is 3.02. The quantitative estimate of drug-likeness (QED) is 0.315. The number of azide groups is 1. The number of carbonyl (C=O) groups is 1. The summed E-state index contributed by atoms with van der Waals surface area (Å²) < 4.78 is 0. The van der Waals surface area contributed by atoms with Crippen molar-refractivity contribution in [3.8, 4) is 0 Å². The summed E-state index contributed by atoms with van der Waals surface area (Å²) in [5, 5.41) is 14.8. The van der Waals surface area contributed by atoms with Crippen LogP contribution in [0.5, 0.6) is 0 Å². The molecule has 0 amide bonds. The number of carbonyl (C=O) groups excluding carboxylic acids is 1. The topological polar surface area (TPSA) is 86.1 Å². The maximum atomic E-state index is 12.0. The van der Waals surface area contributed by atoms with Gasteiger partial charge >= 0.3 is 0 Å². The number of Topliss-reactive ketones (excluding diaryl/α,β-unsaturated/α-hetero) is 1. The fourth-order valence-corrected chi connectivity index (χ4v) is 7.94. The van der Waals surface area contributed by atoms with E-state index in [1.165, 1.54) is 19.3 Å². The van der Waals surface area contributed by atoms with Crippen LogP contribution in [0.15, 0.2) is 5.11 Å². The van der Waals surface area contributed by atoms with Gasteiger partial charge in [0.15, 0.2) is 0 Å². The number of aliphatic hydroxyl groups is 1. The number of rotatable bonds is 4. The first kappa shape index (κ1) is 19.3. The lowest BCUT2D eigenvalue weighted by atomic mass is 9.45. The Kier molecular flexibility index (Phi) is 5.05. The molecule has 1 N–H and O–H groups in total. The van der Waals surface area contributed by atoms with Gasteiger partial charge in [-0.3, -0.25) is 4.79 Å². The first-order chi connectivity index (χ1) is 12.9. The van der Waals surface area contributed by atoms with Crippen molar-refractivity contribution >= 4 is 5.78 Å². The lowest BCUT2D eigenvalue weighted by Crippen LogP contribution is -2.54. The molecule has 1 unspecified atom stereocenters. The van der Waals surface area contributed by atoms with Crippen LogP contribution >= 0.6 is 0 Å². The molecule has 4 saturated carbocycles. The van der Waals surface area contributed by atoms with Crippen molar-refractivity contribution in [2.45, 2.75) is 84.2 Å². The maximum absolute atomic E-state index is 12.0. The molecule has 5 heteroatoms. The smallest absolute Gasteiger partial charge is 0.133 e. The number of fused-ring (bicyclic) bond motifs is 5. The van der Waals surface area contributed by atoms with Crippen molar-refractivity contribution in [3.63, 3.8) is 0 Å². The van der Waals surface area contributed by atoms with E-state index < -0.39 is 0 Å². The summed E-state index contributed by atoms with van der Waals surface area (Å²) in [6, 6.07) is 0. The summed E-state index contributed by atoms with van der Waals surface area (Å²) in [6.07, 6.45) is 10.2. The first-order valence-electron chi connectivity index (χ1n) is 11.1. The molecule has 4 aliphatic rings. The monoisotopic (exact) mass is 373 g/mol. The zero-order valence-electron chi connectivity index (χ0n) is 16.9. The summed E-state index contributed by atoms with van der Waals surface area (Å²) in [5.74, 6) is 3.49. The highest BCUT2D eigenvalue weighted by molar-refractivity contribution is 5.79. The van der Waals surface area contributed by atoms with Crippen LogP contribution in [0.1, 0.15) is 78.1 Å². The summed E-state index contributed by atoms with van der Waals surface area (Å²) in [4.78, 5) is 14.9. The van der Waals surface area contributed by atoms with Gasteiger partial charge in [-0.25, -0.2) is 0 Å². The summed E-state index contributed by atoms with van der Waals surface area (Å²) in [6.45, 7) is 5.36. The van der Waals surface area contributed by atoms with Crippen molar-refractivity contribution in [2.75, 3.05) is 6.54 Å². The highest BCUT2D eigenvalue weighted by Gasteiger charge is 2.61. The first-order valence-corrected chi connectivity index (χ1v) is 11.1. The Morgan fingerprint density at radius 2 is 2.00 bits per heavy atom. The Hall–Kier alpha value is -1.06. The molecule has 0 aromatic rings. The van der Waals surface area contributed by atoms with Crippen LogP contribution in [0.4, 0.5) is 0 Å². The van der Waals surface area contributed by atoms with Crippen molar-refractivity contribution < 1.29 is 9.90 Å². The van der Waals surface area contributed by atoms with E-state index in [0.29, 0.717) is 35.5 Å². The molecule has 0 spiro atoms. The Balaban J connectivity index is 1.51. The van der Waals surface area contributed by atoms with Crippen LogP contribution in [0.25, 0.3) is 10.4 Å². The number of hydrogen-bond donors (Lipinski definition) is 1. The molecule has 150 valence electrons. The van der Waals surface area contributed by atoms with Crippen molar-refractivity contribution in [2.24, 2.45) is 45.5 Å². The van der Waals surface area contributed by atoms with Gasteiger partial charge in [0.2, 0.25) is 0 Å². The van der Waals surface area contributed by atoms with Gasteiger partial charge in [0.1, 0.15) is 5.78 Å². The average Bonchev–Trinajstić information content (AvgIpc) is 2.91. The predicted octanol–water partition coefficient (Wildman–Crippen LogP) is 5.28. The molecular weight excluding hydrogens is 338 g/mol. The van der Waals surface area contributed by atoms with E-state index in [4.69, 9.17) is 5.53 Å². The molecule has 8 atom stereocenters. The Labute approximate surface area is 162 Å². The van der Waals surface area contributed by atoms with E-state index in [1.807, 2.05) is 0 Å². The van der Waals surface area contributed by atoms with E-state index in [9.17, 15) is 9.90 Å². The fraction of sp³-hybridized carbons (Fsp3) is 0.955. The Morgan fingerprint density at radius 3 is 2.78 bits per heavy atom. The standard InChI is InChI=1S/C22H35N3O2/c1-21-9-7-16(26)13-15(21)5-6-17-18(21)8-10-22(2)19(17)12-14(20(22)27)4-3-11-24-25-23/h14-15,17-20,27H,3-13H2,1-2H3/t14-,15?,17-,18+,19+,20+,21+,22+/m1/s1. The molecule has 4 fully saturated rings. The molecule has 0 aromatic heterocycles. The molecule has 0 heterocycles. The number of aliphatic hydroxyl groups excluding tert-OH is 1. The van der Waals surface area contributed by atoms with Crippen molar-refractivity contribution in [1.29, 1.82) is 0 Å². The van der Waals surface area contributed by atoms with Crippen LogP contribution in [-0.4, -0.2) is 23.5 Å². The number of nitrogens with zero attached hydrogens (tertiary/aromatic N) is 3. The van der Waals surface area contributed by atoms with Crippen LogP contribution in [0.2, 0.25) is 0 Å². The molecule has 4 aliphatic carbocycles. The lowest BCUT2D eigenvalue weighted by Gasteiger charge is -2.60. The second-order valence-electron chi connectivity index (χ2n) is 10.5. The second-order valence-corrected chi connectivity index (χ2v) is 10.5. The summed E-state index contributed by atoms with van der Waals surface area (Å²) in [5.41, 5.74) is 8.86. The zero-order valence-corrected chi connectivity index (χ0v) is 16.9. The van der Waals surface area contributed by atoms with Crippen LogP contribution < -0.4 is 0 Å². The number of ketones is 1. The molecule has 5 nitrogen and oxygen atoms in total. The van der Waals surface area contributed by atoms with Gasteiger partial charge < -0.3 is 5.11 Å². The van der Waals surface area contributed by atoms with Crippen LogP contribution in [0, 0.1) is 40.4 Å².